The molecule has 0 rings (SSSR count). The van der Waals surface area contributed by atoms with Crippen LogP contribution in [-0.4, -0.2) is 37.2 Å². The van der Waals surface area contributed by atoms with Gasteiger partial charge < -0.3 is 14.2 Å². The van der Waals surface area contributed by atoms with Crippen LogP contribution in [0.5, 0.6) is 0 Å². The number of carbonyl (C=O) groups is 3. The SMILES string of the molecule is CC/C=C\C/C=C\C/C=C\C/C=C\C/C=C\CCCCCCCCCCCC(=O)OCC(COC(=O)C/C=C\C/C=C\C/C=C\C/C=C\C/C=C\CC)OC(=O)CCCCCCCCCCCCC/C=C\CCCCCCCCCC. The second kappa shape index (κ2) is 68.1. The molecular weight excluding hydrogens is 997 g/mol. The van der Waals surface area contributed by atoms with Crippen molar-refractivity contribution < 1.29 is 28.6 Å². The second-order valence-electron chi connectivity index (χ2n) is 22.0. The zero-order valence-electron chi connectivity index (χ0n) is 52.8. The van der Waals surface area contributed by atoms with Crippen LogP contribution in [0.1, 0.15) is 303 Å². The van der Waals surface area contributed by atoms with Crippen molar-refractivity contribution >= 4 is 17.9 Å². The molecule has 0 aliphatic carbocycles. The Labute approximate surface area is 500 Å². The fourth-order valence-electron chi connectivity index (χ4n) is 9.19. The monoisotopic (exact) mass is 1120 g/mol. The Bertz CT molecular complexity index is 1720. The third kappa shape index (κ3) is 66.2. The number of unbranched alkanes of at least 4 members (excludes halogenated alkanes) is 28. The number of ether oxygens (including phenoxy) is 3. The van der Waals surface area contributed by atoms with Gasteiger partial charge in [-0.3, -0.25) is 14.4 Å². The lowest BCUT2D eigenvalue weighted by Crippen LogP contribution is -2.30. The van der Waals surface area contributed by atoms with Gasteiger partial charge in [0.05, 0.1) is 6.42 Å². The Morgan fingerprint density at radius 2 is 0.531 bits per heavy atom. The molecule has 0 saturated carbocycles. The summed E-state index contributed by atoms with van der Waals surface area (Å²) >= 11 is 0. The topological polar surface area (TPSA) is 78.9 Å². The molecule has 0 fully saturated rings. The maximum Gasteiger partial charge on any atom is 0.309 e. The summed E-state index contributed by atoms with van der Waals surface area (Å²) in [6, 6.07) is 0. The van der Waals surface area contributed by atoms with Crippen molar-refractivity contribution in [2.24, 2.45) is 0 Å². The summed E-state index contributed by atoms with van der Waals surface area (Å²) in [6.07, 6.45) is 96.4. The summed E-state index contributed by atoms with van der Waals surface area (Å²) < 4.78 is 16.8. The average molecular weight is 1120 g/mol. The van der Waals surface area contributed by atoms with Gasteiger partial charge in [0, 0.05) is 12.8 Å². The molecule has 0 radical (unpaired) electrons. The van der Waals surface area contributed by atoms with Crippen molar-refractivity contribution in [3.05, 3.63) is 134 Å². The lowest BCUT2D eigenvalue weighted by molar-refractivity contribution is -0.166. The summed E-state index contributed by atoms with van der Waals surface area (Å²) in [7, 11) is 0. The smallest absolute Gasteiger partial charge is 0.309 e. The molecule has 1 atom stereocenters. The predicted octanol–water partition coefficient (Wildman–Crippen LogP) is 23.3. The molecule has 460 valence electrons. The molecule has 0 aromatic carbocycles. The Balaban J connectivity index is 4.42. The fourth-order valence-corrected chi connectivity index (χ4v) is 9.19. The molecule has 0 aromatic heterocycles. The summed E-state index contributed by atoms with van der Waals surface area (Å²) in [6.45, 7) is 6.34. The molecule has 6 nitrogen and oxygen atoms in total. The normalized spacial score (nSPS) is 13.0. The molecule has 0 amide bonds. The van der Waals surface area contributed by atoms with Gasteiger partial charge in [0.2, 0.25) is 0 Å². The molecule has 0 saturated heterocycles. The van der Waals surface area contributed by atoms with Crippen molar-refractivity contribution in [3.63, 3.8) is 0 Å². The standard InChI is InChI=1S/C75H124O6/c1-4-7-10-13-16-19-22-25-28-30-32-34-36-37-39-40-42-44-47-50-53-56-59-62-65-68-74(77)80-71-72(70-79-73(76)67-64-61-58-55-52-49-46-27-24-21-18-15-12-9-6-3)81-75(78)69-66-63-60-57-54-51-48-45-43-41-38-35-33-31-29-26-23-20-17-14-11-8-5-2/h7,9-10,12,16,18-19,21,25,27-28,31-34,37,39,46,52,55,61,64,72H,4-6,8,11,13-15,17,20,22-24,26,29-30,35-36,38,40-45,47-51,53-54,56-60,62-63,65-71H2,1-3H3/b10-7-,12-9-,19-16-,21-18-,28-25-,33-31-,34-32-,39-37-,46-27-,55-52-,64-61-. The highest BCUT2D eigenvalue weighted by Crippen LogP contribution is 2.16. The van der Waals surface area contributed by atoms with E-state index in [1.165, 1.54) is 154 Å². The third-order valence-electron chi connectivity index (χ3n) is 14.2. The highest BCUT2D eigenvalue weighted by atomic mass is 16.6. The molecular formula is C75H124O6. The van der Waals surface area contributed by atoms with E-state index in [-0.39, 0.29) is 31.6 Å². The van der Waals surface area contributed by atoms with Gasteiger partial charge in [-0.15, -0.1) is 0 Å². The van der Waals surface area contributed by atoms with Gasteiger partial charge in [-0.1, -0.05) is 302 Å². The van der Waals surface area contributed by atoms with E-state index in [9.17, 15) is 14.4 Å². The van der Waals surface area contributed by atoms with E-state index in [0.29, 0.717) is 12.8 Å². The molecule has 0 heterocycles. The van der Waals surface area contributed by atoms with E-state index < -0.39 is 12.1 Å². The first kappa shape index (κ1) is 76.5. The molecule has 6 heteroatoms. The van der Waals surface area contributed by atoms with Crippen molar-refractivity contribution in [1.82, 2.24) is 0 Å². The summed E-state index contributed by atoms with van der Waals surface area (Å²) in [5, 5.41) is 0. The van der Waals surface area contributed by atoms with E-state index in [4.69, 9.17) is 14.2 Å². The van der Waals surface area contributed by atoms with Gasteiger partial charge >= 0.3 is 17.9 Å². The molecule has 0 N–H and O–H groups in total. The Morgan fingerprint density at radius 3 is 0.877 bits per heavy atom. The summed E-state index contributed by atoms with van der Waals surface area (Å²) in [4.78, 5) is 38.3. The predicted molar refractivity (Wildman–Crippen MR) is 353 cm³/mol. The van der Waals surface area contributed by atoms with Crippen LogP contribution in [0.25, 0.3) is 0 Å². The van der Waals surface area contributed by atoms with Gasteiger partial charge in [-0.05, 0) is 116 Å². The summed E-state index contributed by atoms with van der Waals surface area (Å²) in [5.74, 6) is -1.05. The largest absolute Gasteiger partial charge is 0.462 e. The zero-order valence-corrected chi connectivity index (χ0v) is 52.8. The average Bonchev–Trinajstić information content (AvgIpc) is 3.47. The Hall–Kier alpha value is -4.45. The maximum absolute atomic E-state index is 12.9. The van der Waals surface area contributed by atoms with Crippen molar-refractivity contribution in [1.29, 1.82) is 0 Å². The van der Waals surface area contributed by atoms with Gasteiger partial charge in [-0.25, -0.2) is 0 Å². The van der Waals surface area contributed by atoms with Gasteiger partial charge in [0.15, 0.2) is 6.10 Å². The van der Waals surface area contributed by atoms with Crippen LogP contribution in [0.3, 0.4) is 0 Å². The molecule has 81 heavy (non-hydrogen) atoms. The molecule has 0 spiro atoms. The van der Waals surface area contributed by atoms with Crippen LogP contribution in [0.15, 0.2) is 134 Å². The Morgan fingerprint density at radius 1 is 0.272 bits per heavy atom. The first-order chi connectivity index (χ1) is 40.0. The van der Waals surface area contributed by atoms with Crippen molar-refractivity contribution in [2.75, 3.05) is 13.2 Å². The van der Waals surface area contributed by atoms with Gasteiger partial charge in [-0.2, -0.15) is 0 Å². The van der Waals surface area contributed by atoms with Crippen LogP contribution in [0, 0.1) is 0 Å². The summed E-state index contributed by atoms with van der Waals surface area (Å²) in [5.41, 5.74) is 0. The molecule has 0 aromatic rings. The quantitative estimate of drug-likeness (QED) is 0.0261. The first-order valence-corrected chi connectivity index (χ1v) is 33.7. The van der Waals surface area contributed by atoms with E-state index >= 15 is 0 Å². The van der Waals surface area contributed by atoms with E-state index in [1.54, 1.807) is 6.08 Å². The number of hydrogen-bond acceptors (Lipinski definition) is 6. The van der Waals surface area contributed by atoms with E-state index in [0.717, 1.165) is 109 Å². The maximum atomic E-state index is 12.9. The number of esters is 3. The highest BCUT2D eigenvalue weighted by molar-refractivity contribution is 5.72. The minimum Gasteiger partial charge on any atom is -0.462 e. The van der Waals surface area contributed by atoms with Gasteiger partial charge in [0.25, 0.3) is 0 Å². The minimum absolute atomic E-state index is 0.114. The van der Waals surface area contributed by atoms with E-state index in [2.05, 4.69) is 142 Å². The number of hydrogen-bond donors (Lipinski definition) is 0. The molecule has 0 bridgehead atoms. The van der Waals surface area contributed by atoms with Crippen LogP contribution in [-0.2, 0) is 28.6 Å². The lowest BCUT2D eigenvalue weighted by atomic mass is 10.0. The number of carbonyl (C=O) groups excluding carboxylic acids is 3. The number of allylic oxidation sites excluding steroid dienone is 21. The molecule has 0 aliphatic heterocycles. The number of rotatable bonds is 60. The van der Waals surface area contributed by atoms with Gasteiger partial charge in [0.1, 0.15) is 13.2 Å². The minimum atomic E-state index is -0.827. The fraction of sp³-hybridized carbons (Fsp3) is 0.667. The first-order valence-electron chi connectivity index (χ1n) is 33.7. The van der Waals surface area contributed by atoms with Crippen LogP contribution in [0.4, 0.5) is 0 Å². The van der Waals surface area contributed by atoms with Crippen LogP contribution < -0.4 is 0 Å². The second-order valence-corrected chi connectivity index (χ2v) is 22.0. The molecule has 0 aliphatic rings. The zero-order chi connectivity index (χ0) is 58.5. The Kier molecular flexibility index (Phi) is 64.3. The van der Waals surface area contributed by atoms with E-state index in [1.807, 2.05) is 6.08 Å². The van der Waals surface area contributed by atoms with Crippen molar-refractivity contribution in [2.45, 2.75) is 309 Å². The van der Waals surface area contributed by atoms with Crippen LogP contribution in [0.2, 0.25) is 0 Å². The third-order valence-corrected chi connectivity index (χ3v) is 14.2. The highest BCUT2D eigenvalue weighted by Gasteiger charge is 2.19. The van der Waals surface area contributed by atoms with Crippen molar-refractivity contribution in [3.8, 4) is 0 Å². The lowest BCUT2D eigenvalue weighted by Gasteiger charge is -2.18. The van der Waals surface area contributed by atoms with Crippen LogP contribution >= 0.6 is 0 Å². The molecule has 1 unspecified atom stereocenters.